The van der Waals surface area contributed by atoms with E-state index >= 15 is 0 Å². The number of rotatable bonds is 7. The van der Waals surface area contributed by atoms with Crippen molar-refractivity contribution in [1.82, 2.24) is 10.2 Å². The normalized spacial score (nSPS) is 17.8. The Balaban J connectivity index is 0.000000449. The molecule has 49 heavy (non-hydrogen) atoms. The van der Waals surface area contributed by atoms with Crippen molar-refractivity contribution in [3.05, 3.63) is 80.0 Å². The highest BCUT2D eigenvalue weighted by Crippen LogP contribution is 2.39. The molecule has 2 aromatic carbocycles. The molecule has 3 N–H and O–H groups in total. The van der Waals surface area contributed by atoms with E-state index in [0.29, 0.717) is 30.7 Å². The molecule has 2 aromatic rings. The fraction of sp³-hybridized carbons (Fsp3) is 0.538. The number of benzene rings is 2. The monoisotopic (exact) mass is 699 g/mol. The van der Waals surface area contributed by atoms with Crippen molar-refractivity contribution >= 4 is 36.9 Å². The van der Waals surface area contributed by atoms with Crippen LogP contribution in [0.5, 0.6) is 0 Å². The number of carbonyl (C=O) groups excluding carboxylic acids is 4. The lowest BCUT2D eigenvalue weighted by molar-refractivity contribution is -0.149. The van der Waals surface area contributed by atoms with Crippen molar-refractivity contribution in [2.45, 2.75) is 119 Å². The molecule has 0 bridgehead atoms. The minimum atomic E-state index is -0.434. The van der Waals surface area contributed by atoms with Gasteiger partial charge in [-0.1, -0.05) is 31.7 Å². The van der Waals surface area contributed by atoms with E-state index in [1.54, 1.807) is 13.8 Å². The molecule has 0 spiro atoms. The van der Waals surface area contributed by atoms with Crippen LogP contribution in [0.3, 0.4) is 0 Å². The maximum absolute atomic E-state index is 12.3. The predicted molar refractivity (Wildman–Crippen MR) is 198 cm³/mol. The number of nitrogens with one attached hydrogen (secondary N) is 1. The van der Waals surface area contributed by atoms with Gasteiger partial charge < -0.3 is 25.3 Å². The molecule has 3 heterocycles. The highest BCUT2D eigenvalue weighted by molar-refractivity contribution is 5.96. The van der Waals surface area contributed by atoms with Crippen molar-refractivity contribution in [3.8, 4) is 0 Å². The number of Topliss-reactive ketones (excluding diaryl/α,β-unsaturated/α-hetero) is 1. The lowest BCUT2D eigenvalue weighted by Crippen LogP contribution is -2.43. The minimum Gasteiger partial charge on any atom is -0.463 e. The van der Waals surface area contributed by atoms with Crippen LogP contribution >= 0.6 is 12.4 Å². The maximum Gasteiger partial charge on any atom is 0.337 e. The largest absolute Gasteiger partial charge is 0.463 e. The molecule has 3 aliphatic rings. The van der Waals surface area contributed by atoms with Crippen LogP contribution in [0.15, 0.2) is 35.5 Å². The maximum atomic E-state index is 12.3. The summed E-state index contributed by atoms with van der Waals surface area (Å²) in [7, 11) is 0. The van der Waals surface area contributed by atoms with Crippen LogP contribution in [0.1, 0.15) is 111 Å². The molecule has 2 unspecified atom stereocenters. The van der Waals surface area contributed by atoms with Gasteiger partial charge in [0, 0.05) is 43.7 Å². The second-order valence-corrected chi connectivity index (χ2v) is 13.4. The Morgan fingerprint density at radius 2 is 1.41 bits per heavy atom. The van der Waals surface area contributed by atoms with Crippen LogP contribution in [0.25, 0.3) is 0 Å². The van der Waals surface area contributed by atoms with Crippen molar-refractivity contribution in [1.29, 1.82) is 0 Å². The lowest BCUT2D eigenvalue weighted by Gasteiger charge is -2.41. The summed E-state index contributed by atoms with van der Waals surface area (Å²) in [5, 5.41) is 3.39. The van der Waals surface area contributed by atoms with Gasteiger partial charge >= 0.3 is 11.9 Å². The second-order valence-electron chi connectivity index (χ2n) is 13.4. The molecular formula is C39H58ClN3O6. The van der Waals surface area contributed by atoms with E-state index in [2.05, 4.69) is 62.2 Å². The first-order valence-electron chi connectivity index (χ1n) is 16.6. The van der Waals surface area contributed by atoms with Gasteiger partial charge in [-0.2, -0.15) is 0 Å². The molecule has 2 atom stereocenters. The number of hydrogen-bond donors (Lipinski definition) is 2. The molecule has 5 rings (SSSR count). The van der Waals surface area contributed by atoms with Gasteiger partial charge in [-0.25, -0.2) is 4.79 Å². The van der Waals surface area contributed by atoms with Crippen LogP contribution in [-0.2, 0) is 41.5 Å². The molecule has 0 saturated heterocycles. The third kappa shape index (κ3) is 11.5. The number of halogens is 1. The standard InChI is InChI=1S/C19H26N2O2.C18H25NO3.CH2O.CH4.ClH/c1-11(2)23-19(22)16-10-21-6-5-14-7-12(3)13(4)8-15(14)18(21)9-17(16)20;1-11(2)22-18(21)10-15(20)9-17-16-8-13(4)12(3)7-14(16)5-6-19-17;1-2;;/h7-8,11,18H,5-6,9-10,20H2,1-4H3;7-8,11,17,19H,5-6,9-10H2,1-4H3;1H2;1H4;1H. The van der Waals surface area contributed by atoms with Crippen molar-refractivity contribution < 1.29 is 28.7 Å². The van der Waals surface area contributed by atoms with Crippen LogP contribution < -0.4 is 11.1 Å². The van der Waals surface area contributed by atoms with E-state index in [1.807, 2.05) is 20.6 Å². The van der Waals surface area contributed by atoms with Gasteiger partial charge in [-0.15, -0.1) is 12.4 Å². The highest BCUT2D eigenvalue weighted by atomic mass is 35.5. The van der Waals surface area contributed by atoms with E-state index in [1.165, 1.54) is 44.5 Å². The Labute approximate surface area is 299 Å². The first kappa shape index (κ1) is 43.5. The average Bonchev–Trinajstić information content (AvgIpc) is 2.99. The number of ketones is 1. The summed E-state index contributed by atoms with van der Waals surface area (Å²) in [5.41, 5.74) is 18.0. The number of nitrogens with two attached hydrogens (primary N) is 1. The third-order valence-corrected chi connectivity index (χ3v) is 9.03. The number of aryl methyl sites for hydroxylation is 4. The third-order valence-electron chi connectivity index (χ3n) is 9.03. The van der Waals surface area contributed by atoms with E-state index in [9.17, 15) is 14.4 Å². The SMILES string of the molecule is C.C=O.Cc1cc2c(cc1C)C(CC(=O)CC(=O)OC(C)C)NCC2.Cc1cc2c(cc1C)C1CC(N)=C(C(=O)OC(C)C)CN1CC2.Cl. The molecule has 10 heteroatoms. The number of carbonyl (C=O) groups is 4. The summed E-state index contributed by atoms with van der Waals surface area (Å²) >= 11 is 0. The molecule has 9 nitrogen and oxygen atoms in total. The van der Waals surface area contributed by atoms with Gasteiger partial charge in [0.15, 0.2) is 0 Å². The quantitative estimate of drug-likeness (QED) is 0.248. The second kappa shape index (κ2) is 19.6. The predicted octanol–water partition coefficient (Wildman–Crippen LogP) is 6.43. The molecule has 0 aliphatic carbocycles. The van der Waals surface area contributed by atoms with E-state index in [-0.39, 0.29) is 62.3 Å². The first-order valence-corrected chi connectivity index (χ1v) is 16.6. The summed E-state index contributed by atoms with van der Waals surface area (Å²) in [5.74, 6) is -0.771. The Hall–Kier alpha value is -3.53. The number of esters is 2. The van der Waals surface area contributed by atoms with Crippen LogP contribution in [-0.4, -0.2) is 61.3 Å². The zero-order chi connectivity index (χ0) is 35.0. The highest BCUT2D eigenvalue weighted by Gasteiger charge is 2.35. The Morgan fingerprint density at radius 3 is 1.98 bits per heavy atom. The van der Waals surface area contributed by atoms with Crippen LogP contribution in [0, 0.1) is 27.7 Å². The summed E-state index contributed by atoms with van der Waals surface area (Å²) in [6, 6.07) is 9.28. The van der Waals surface area contributed by atoms with Crippen LogP contribution in [0.4, 0.5) is 0 Å². The molecule has 0 fully saturated rings. The van der Waals surface area contributed by atoms with Gasteiger partial charge in [-0.3, -0.25) is 14.5 Å². The lowest BCUT2D eigenvalue weighted by atomic mass is 9.84. The fourth-order valence-corrected chi connectivity index (χ4v) is 6.46. The fourth-order valence-electron chi connectivity index (χ4n) is 6.46. The molecule has 3 aliphatic heterocycles. The number of hydrogen-bond acceptors (Lipinski definition) is 9. The topological polar surface area (TPSA) is 128 Å². The van der Waals surface area contributed by atoms with E-state index in [4.69, 9.17) is 20.0 Å². The molecule has 272 valence electrons. The molecule has 0 saturated carbocycles. The van der Waals surface area contributed by atoms with E-state index in [0.717, 1.165) is 25.9 Å². The minimum absolute atomic E-state index is 0. The summed E-state index contributed by atoms with van der Waals surface area (Å²) in [4.78, 5) is 46.3. The summed E-state index contributed by atoms with van der Waals surface area (Å²) < 4.78 is 10.4. The molecular weight excluding hydrogens is 642 g/mol. The average molecular weight is 700 g/mol. The van der Waals surface area contributed by atoms with Crippen molar-refractivity contribution in [3.63, 3.8) is 0 Å². The summed E-state index contributed by atoms with van der Waals surface area (Å²) in [6.07, 6.45) is 2.61. The van der Waals surface area contributed by atoms with Gasteiger partial charge in [-0.05, 0) is 119 Å². The number of nitrogens with zero attached hydrogens (tertiary/aromatic N) is 1. The van der Waals surface area contributed by atoms with E-state index < -0.39 is 5.97 Å². The van der Waals surface area contributed by atoms with Gasteiger partial charge in [0.05, 0.1) is 17.8 Å². The van der Waals surface area contributed by atoms with Crippen LogP contribution in [0.2, 0.25) is 0 Å². The first-order chi connectivity index (χ1) is 22.2. The van der Waals surface area contributed by atoms with Crippen molar-refractivity contribution in [2.75, 3.05) is 19.6 Å². The zero-order valence-electron chi connectivity index (χ0n) is 29.9. The molecule has 0 aromatic heterocycles. The van der Waals surface area contributed by atoms with Crippen molar-refractivity contribution in [2.24, 2.45) is 5.73 Å². The Bertz CT molecular complexity index is 1500. The Morgan fingerprint density at radius 1 is 0.878 bits per heavy atom. The van der Waals surface area contributed by atoms with Gasteiger partial charge in [0.25, 0.3) is 0 Å². The number of ether oxygens (including phenoxy) is 2. The summed E-state index contributed by atoms with van der Waals surface area (Å²) in [6.45, 7) is 20.2. The number of fused-ring (bicyclic) bond motifs is 4. The zero-order valence-corrected chi connectivity index (χ0v) is 30.7. The smallest absolute Gasteiger partial charge is 0.337 e. The molecule has 0 amide bonds. The Kier molecular flexibility index (Phi) is 17.4. The van der Waals surface area contributed by atoms with Gasteiger partial charge in [0.1, 0.15) is 19.0 Å². The molecule has 0 radical (unpaired) electrons. The van der Waals surface area contributed by atoms with Gasteiger partial charge in [0.2, 0.25) is 0 Å².